The van der Waals surface area contributed by atoms with Crippen molar-refractivity contribution in [1.82, 2.24) is 5.32 Å². The Morgan fingerprint density at radius 3 is 2.64 bits per heavy atom. The van der Waals surface area contributed by atoms with Gasteiger partial charge in [0.25, 0.3) is 5.91 Å². The van der Waals surface area contributed by atoms with Gasteiger partial charge in [0.1, 0.15) is 5.75 Å². The molecule has 0 aromatic heterocycles. The van der Waals surface area contributed by atoms with Crippen molar-refractivity contribution in [3.05, 3.63) is 63.1 Å². The maximum atomic E-state index is 12.0. The van der Waals surface area contributed by atoms with Crippen molar-refractivity contribution in [2.24, 2.45) is 0 Å². The van der Waals surface area contributed by atoms with Crippen molar-refractivity contribution in [3.8, 4) is 5.75 Å². The van der Waals surface area contributed by atoms with Gasteiger partial charge in [-0.3, -0.25) is 4.79 Å². The fourth-order valence-electron chi connectivity index (χ4n) is 2.01. The first kappa shape index (κ1) is 20.2. The van der Waals surface area contributed by atoms with E-state index in [2.05, 4.69) is 5.32 Å². The number of nitrogens with one attached hydrogen (secondary N) is 1. The lowest BCUT2D eigenvalue weighted by Gasteiger charge is -2.14. The molecule has 0 saturated heterocycles. The Morgan fingerprint density at radius 2 is 1.92 bits per heavy atom. The predicted molar refractivity (Wildman–Crippen MR) is 107 cm³/mol. The zero-order chi connectivity index (χ0) is 18.2. The number of halogens is 3. The summed E-state index contributed by atoms with van der Waals surface area (Å²) >= 11 is 19.6. The summed E-state index contributed by atoms with van der Waals surface area (Å²) in [5.74, 6) is 1.95. The van der Waals surface area contributed by atoms with Crippen LogP contribution in [0.1, 0.15) is 12.5 Å². The van der Waals surface area contributed by atoms with Crippen LogP contribution in [0.25, 0.3) is 0 Å². The van der Waals surface area contributed by atoms with Gasteiger partial charge in [0.2, 0.25) is 0 Å². The van der Waals surface area contributed by atoms with E-state index in [1.807, 2.05) is 12.1 Å². The molecule has 0 spiro atoms. The summed E-state index contributed by atoms with van der Waals surface area (Å²) < 4.78 is 5.58. The minimum absolute atomic E-state index is 0.162. The van der Waals surface area contributed by atoms with Gasteiger partial charge in [-0.2, -0.15) is 11.8 Å². The van der Waals surface area contributed by atoms with Crippen LogP contribution >= 0.6 is 46.6 Å². The first-order valence-electron chi connectivity index (χ1n) is 7.67. The number of benzene rings is 2. The number of amides is 1. The first-order chi connectivity index (χ1) is 12.0. The predicted octanol–water partition coefficient (Wildman–Crippen LogP) is 5.46. The fraction of sp³-hybridized carbons (Fsp3) is 0.278. The lowest BCUT2D eigenvalue weighted by atomic mass is 10.2. The van der Waals surface area contributed by atoms with Gasteiger partial charge in [0, 0.05) is 33.1 Å². The molecule has 2 aromatic rings. The van der Waals surface area contributed by atoms with Gasteiger partial charge >= 0.3 is 0 Å². The summed E-state index contributed by atoms with van der Waals surface area (Å²) in [4.78, 5) is 12.0. The number of carbonyl (C=O) groups is 1. The van der Waals surface area contributed by atoms with E-state index in [0.29, 0.717) is 27.4 Å². The third-order valence-electron chi connectivity index (χ3n) is 3.30. The molecule has 3 nitrogen and oxygen atoms in total. The summed E-state index contributed by atoms with van der Waals surface area (Å²) in [5, 5.41) is 4.71. The van der Waals surface area contributed by atoms with Crippen molar-refractivity contribution in [2.45, 2.75) is 18.8 Å². The third-order valence-corrected chi connectivity index (χ3v) is 5.13. The van der Waals surface area contributed by atoms with Gasteiger partial charge in [-0.1, -0.05) is 46.9 Å². The largest absolute Gasteiger partial charge is 0.481 e. The molecule has 1 amide bonds. The maximum Gasteiger partial charge on any atom is 0.260 e. The quantitative estimate of drug-likeness (QED) is 0.578. The number of hydrogen-bond acceptors (Lipinski definition) is 3. The van der Waals surface area contributed by atoms with Gasteiger partial charge in [-0.25, -0.2) is 0 Å². The van der Waals surface area contributed by atoms with Crippen LogP contribution in [0.15, 0.2) is 42.5 Å². The highest BCUT2D eigenvalue weighted by Crippen LogP contribution is 2.24. The lowest BCUT2D eigenvalue weighted by Crippen LogP contribution is -2.37. The summed E-state index contributed by atoms with van der Waals surface area (Å²) in [6, 6.07) is 12.4. The fourth-order valence-corrected chi connectivity index (χ4v) is 3.61. The molecule has 134 valence electrons. The van der Waals surface area contributed by atoms with Crippen LogP contribution in [0.5, 0.6) is 5.75 Å². The Hall–Kier alpha value is -1.07. The molecule has 1 atom stereocenters. The Balaban J connectivity index is 1.67. The van der Waals surface area contributed by atoms with Gasteiger partial charge in [-0.05, 0) is 42.8 Å². The molecule has 7 heteroatoms. The normalized spacial score (nSPS) is 11.8. The van der Waals surface area contributed by atoms with Crippen LogP contribution in [0.4, 0.5) is 0 Å². The van der Waals surface area contributed by atoms with E-state index < -0.39 is 6.10 Å². The minimum atomic E-state index is -0.589. The molecule has 0 aliphatic carbocycles. The van der Waals surface area contributed by atoms with E-state index in [9.17, 15) is 4.79 Å². The average Bonchev–Trinajstić information content (AvgIpc) is 2.56. The molecule has 0 aliphatic rings. The van der Waals surface area contributed by atoms with Gasteiger partial charge in [0.05, 0.1) is 0 Å². The maximum absolute atomic E-state index is 12.0. The molecule has 0 heterocycles. The zero-order valence-corrected chi connectivity index (χ0v) is 16.7. The van der Waals surface area contributed by atoms with E-state index in [0.717, 1.165) is 17.1 Å². The topological polar surface area (TPSA) is 38.3 Å². The minimum Gasteiger partial charge on any atom is -0.481 e. The number of thioether (sulfide) groups is 1. The smallest absolute Gasteiger partial charge is 0.260 e. The summed E-state index contributed by atoms with van der Waals surface area (Å²) in [6.45, 7) is 2.26. The molecule has 25 heavy (non-hydrogen) atoms. The van der Waals surface area contributed by atoms with E-state index in [-0.39, 0.29) is 5.91 Å². The Labute approximate surface area is 167 Å². The molecular formula is C18H18Cl3NO2S. The molecule has 0 aliphatic heterocycles. The second-order valence-corrected chi connectivity index (χ2v) is 7.68. The lowest BCUT2D eigenvalue weighted by molar-refractivity contribution is -0.127. The number of hydrogen-bond donors (Lipinski definition) is 1. The Bertz CT molecular complexity index is 727. The van der Waals surface area contributed by atoms with E-state index in [4.69, 9.17) is 39.5 Å². The highest BCUT2D eigenvalue weighted by Gasteiger charge is 2.14. The van der Waals surface area contributed by atoms with Gasteiger partial charge in [-0.15, -0.1) is 0 Å². The standard InChI is InChI=1S/C18H18Cl3NO2S/c1-12(24-16-4-2-3-14(19)9-16)18(23)22-7-8-25-11-13-5-6-15(20)10-17(13)21/h2-6,9-10,12H,7-8,11H2,1H3,(H,22,23). The van der Waals surface area contributed by atoms with Crippen LogP contribution in [0, 0.1) is 0 Å². The number of rotatable bonds is 8. The summed E-state index contributed by atoms with van der Waals surface area (Å²) in [5.41, 5.74) is 1.03. The average molecular weight is 419 g/mol. The number of ether oxygens (including phenoxy) is 1. The van der Waals surface area contributed by atoms with Crippen molar-refractivity contribution >= 4 is 52.5 Å². The Kier molecular flexibility index (Phi) is 8.24. The monoisotopic (exact) mass is 417 g/mol. The summed E-state index contributed by atoms with van der Waals surface area (Å²) in [6.07, 6.45) is -0.589. The van der Waals surface area contributed by atoms with E-state index >= 15 is 0 Å². The first-order valence-corrected chi connectivity index (χ1v) is 9.96. The molecule has 2 rings (SSSR count). The molecule has 0 radical (unpaired) electrons. The van der Waals surface area contributed by atoms with Crippen LogP contribution in [-0.2, 0) is 10.5 Å². The highest BCUT2D eigenvalue weighted by molar-refractivity contribution is 7.98. The SMILES string of the molecule is CC(Oc1cccc(Cl)c1)C(=O)NCCSCc1ccc(Cl)cc1Cl. The number of carbonyl (C=O) groups excluding carboxylic acids is 1. The zero-order valence-electron chi connectivity index (χ0n) is 13.6. The molecule has 0 fully saturated rings. The molecule has 2 aromatic carbocycles. The molecule has 0 saturated carbocycles. The Morgan fingerprint density at radius 1 is 1.16 bits per heavy atom. The molecule has 1 unspecified atom stereocenters. The molecule has 0 bridgehead atoms. The van der Waals surface area contributed by atoms with Crippen LogP contribution in [-0.4, -0.2) is 24.3 Å². The third kappa shape index (κ3) is 6.98. The van der Waals surface area contributed by atoms with Gasteiger partial charge < -0.3 is 10.1 Å². The van der Waals surface area contributed by atoms with Crippen molar-refractivity contribution < 1.29 is 9.53 Å². The van der Waals surface area contributed by atoms with E-state index in [1.165, 1.54) is 0 Å². The van der Waals surface area contributed by atoms with Crippen molar-refractivity contribution in [3.63, 3.8) is 0 Å². The molecular weight excluding hydrogens is 401 g/mol. The molecule has 1 N–H and O–H groups in total. The van der Waals surface area contributed by atoms with E-state index in [1.54, 1.807) is 49.0 Å². The summed E-state index contributed by atoms with van der Waals surface area (Å²) in [7, 11) is 0. The van der Waals surface area contributed by atoms with Gasteiger partial charge in [0.15, 0.2) is 6.10 Å². The highest BCUT2D eigenvalue weighted by atomic mass is 35.5. The van der Waals surface area contributed by atoms with Crippen LogP contribution in [0.3, 0.4) is 0 Å². The van der Waals surface area contributed by atoms with Crippen molar-refractivity contribution in [1.29, 1.82) is 0 Å². The second kappa shape index (κ2) is 10.2. The van der Waals surface area contributed by atoms with Crippen molar-refractivity contribution in [2.75, 3.05) is 12.3 Å². The second-order valence-electron chi connectivity index (χ2n) is 5.30. The van der Waals surface area contributed by atoms with Crippen LogP contribution in [0.2, 0.25) is 15.1 Å². The van der Waals surface area contributed by atoms with Crippen LogP contribution < -0.4 is 10.1 Å².